The van der Waals surface area contributed by atoms with Gasteiger partial charge >= 0.3 is 0 Å². The first-order valence-corrected chi connectivity index (χ1v) is 7.16. The van der Waals surface area contributed by atoms with E-state index in [1.807, 2.05) is 17.1 Å². The molecule has 2 aromatic carbocycles. The summed E-state index contributed by atoms with van der Waals surface area (Å²) in [6, 6.07) is 17.1. The molecule has 21 heavy (non-hydrogen) atoms. The lowest BCUT2D eigenvalue weighted by molar-refractivity contribution is 0.272. The third kappa shape index (κ3) is 3.40. The standard InChI is InChI=1S/C17H18FN3/c18-17-9-5-4-6-15(17)14-19-21-12-10-20(11-13-21)16-7-2-1-3-8-16/h1-9,14H,10-13H2/b19-14-. The van der Waals surface area contributed by atoms with E-state index < -0.39 is 0 Å². The summed E-state index contributed by atoms with van der Waals surface area (Å²) in [4.78, 5) is 2.34. The van der Waals surface area contributed by atoms with E-state index in [4.69, 9.17) is 0 Å². The Morgan fingerprint density at radius 1 is 0.857 bits per heavy atom. The summed E-state index contributed by atoms with van der Waals surface area (Å²) in [7, 11) is 0. The Balaban J connectivity index is 1.58. The van der Waals surface area contributed by atoms with E-state index in [0.29, 0.717) is 5.56 Å². The smallest absolute Gasteiger partial charge is 0.132 e. The predicted molar refractivity (Wildman–Crippen MR) is 84.2 cm³/mol. The number of rotatable bonds is 3. The number of hydrogen-bond donors (Lipinski definition) is 0. The third-order valence-electron chi connectivity index (χ3n) is 3.64. The molecule has 1 aliphatic heterocycles. The van der Waals surface area contributed by atoms with E-state index >= 15 is 0 Å². The first-order valence-electron chi connectivity index (χ1n) is 7.16. The van der Waals surface area contributed by atoms with Gasteiger partial charge in [-0.1, -0.05) is 36.4 Å². The summed E-state index contributed by atoms with van der Waals surface area (Å²) >= 11 is 0. The highest BCUT2D eigenvalue weighted by atomic mass is 19.1. The molecule has 0 unspecified atom stereocenters. The van der Waals surface area contributed by atoms with Gasteiger partial charge < -0.3 is 4.90 Å². The quantitative estimate of drug-likeness (QED) is 0.806. The first kappa shape index (κ1) is 13.6. The van der Waals surface area contributed by atoms with E-state index in [0.717, 1.165) is 26.2 Å². The van der Waals surface area contributed by atoms with Crippen LogP contribution in [0.25, 0.3) is 0 Å². The van der Waals surface area contributed by atoms with Crippen LogP contribution in [-0.4, -0.2) is 37.4 Å². The number of halogens is 1. The molecular weight excluding hydrogens is 265 g/mol. The highest BCUT2D eigenvalue weighted by Crippen LogP contribution is 2.15. The molecule has 0 radical (unpaired) electrons. The zero-order chi connectivity index (χ0) is 14.5. The van der Waals surface area contributed by atoms with Crippen LogP contribution >= 0.6 is 0 Å². The lowest BCUT2D eigenvalue weighted by atomic mass is 10.2. The number of piperazine rings is 1. The molecule has 1 heterocycles. The van der Waals surface area contributed by atoms with Crippen molar-refractivity contribution in [2.45, 2.75) is 0 Å². The molecule has 1 saturated heterocycles. The predicted octanol–water partition coefficient (Wildman–Crippen LogP) is 2.98. The third-order valence-corrected chi connectivity index (χ3v) is 3.64. The van der Waals surface area contributed by atoms with Gasteiger partial charge in [0.1, 0.15) is 5.82 Å². The Bertz CT molecular complexity index is 604. The van der Waals surface area contributed by atoms with E-state index in [1.54, 1.807) is 18.3 Å². The molecule has 3 rings (SSSR count). The van der Waals surface area contributed by atoms with Crippen molar-refractivity contribution in [3.63, 3.8) is 0 Å². The number of nitrogens with zero attached hydrogens (tertiary/aromatic N) is 3. The number of hydrazone groups is 1. The molecule has 0 N–H and O–H groups in total. The minimum Gasteiger partial charge on any atom is -0.368 e. The van der Waals surface area contributed by atoms with Crippen LogP contribution in [0.2, 0.25) is 0 Å². The van der Waals surface area contributed by atoms with Gasteiger partial charge in [0.2, 0.25) is 0 Å². The Morgan fingerprint density at radius 2 is 1.52 bits per heavy atom. The van der Waals surface area contributed by atoms with Gasteiger partial charge in [-0.2, -0.15) is 5.10 Å². The Kier molecular flexibility index (Phi) is 4.15. The second kappa shape index (κ2) is 6.39. The van der Waals surface area contributed by atoms with Gasteiger partial charge in [-0.05, 0) is 18.2 Å². The van der Waals surface area contributed by atoms with Crippen LogP contribution < -0.4 is 4.90 Å². The van der Waals surface area contributed by atoms with Crippen molar-refractivity contribution in [3.8, 4) is 0 Å². The molecule has 0 amide bonds. The van der Waals surface area contributed by atoms with Gasteiger partial charge in [-0.3, -0.25) is 5.01 Å². The van der Waals surface area contributed by atoms with Crippen molar-refractivity contribution in [3.05, 3.63) is 66.0 Å². The normalized spacial score (nSPS) is 15.7. The number of hydrogen-bond acceptors (Lipinski definition) is 3. The maximum Gasteiger partial charge on any atom is 0.132 e. The lowest BCUT2D eigenvalue weighted by Crippen LogP contribution is -2.44. The summed E-state index contributed by atoms with van der Waals surface area (Å²) in [5, 5.41) is 6.38. The summed E-state index contributed by atoms with van der Waals surface area (Å²) in [5.74, 6) is -0.232. The van der Waals surface area contributed by atoms with Gasteiger partial charge in [-0.15, -0.1) is 0 Å². The van der Waals surface area contributed by atoms with Crippen molar-refractivity contribution >= 4 is 11.9 Å². The van der Waals surface area contributed by atoms with Crippen LogP contribution in [0.1, 0.15) is 5.56 Å². The summed E-state index contributed by atoms with van der Waals surface area (Å²) in [6.07, 6.45) is 1.60. The molecule has 1 aliphatic rings. The van der Waals surface area contributed by atoms with E-state index in [9.17, 15) is 4.39 Å². The summed E-state index contributed by atoms with van der Waals surface area (Å²) < 4.78 is 13.5. The second-order valence-corrected chi connectivity index (χ2v) is 5.04. The largest absolute Gasteiger partial charge is 0.368 e. The van der Waals surface area contributed by atoms with Crippen molar-refractivity contribution in [2.75, 3.05) is 31.1 Å². The SMILES string of the molecule is Fc1ccccc1/C=N\N1CCN(c2ccccc2)CC1. The molecule has 0 saturated carbocycles. The average molecular weight is 283 g/mol. The van der Waals surface area contributed by atoms with Crippen LogP contribution in [0.4, 0.5) is 10.1 Å². The molecule has 3 nitrogen and oxygen atoms in total. The van der Waals surface area contributed by atoms with Crippen LogP contribution in [0.3, 0.4) is 0 Å². The molecule has 0 spiro atoms. The van der Waals surface area contributed by atoms with Gasteiger partial charge in [0, 0.05) is 24.3 Å². The fourth-order valence-electron chi connectivity index (χ4n) is 2.43. The van der Waals surface area contributed by atoms with Gasteiger partial charge in [-0.25, -0.2) is 4.39 Å². The Labute approximate surface area is 124 Å². The van der Waals surface area contributed by atoms with E-state index in [-0.39, 0.29) is 5.82 Å². The maximum atomic E-state index is 13.5. The highest BCUT2D eigenvalue weighted by Gasteiger charge is 2.15. The van der Waals surface area contributed by atoms with E-state index in [2.05, 4.69) is 34.3 Å². The zero-order valence-electron chi connectivity index (χ0n) is 11.8. The van der Waals surface area contributed by atoms with Crippen LogP contribution in [-0.2, 0) is 0 Å². The number of benzene rings is 2. The Morgan fingerprint density at radius 3 is 2.24 bits per heavy atom. The molecule has 0 atom stereocenters. The van der Waals surface area contributed by atoms with Crippen LogP contribution in [0.5, 0.6) is 0 Å². The Hall–Kier alpha value is -2.36. The lowest BCUT2D eigenvalue weighted by Gasteiger charge is -2.34. The molecule has 0 aliphatic carbocycles. The minimum atomic E-state index is -0.232. The monoisotopic (exact) mass is 283 g/mol. The topological polar surface area (TPSA) is 18.8 Å². The van der Waals surface area contributed by atoms with E-state index in [1.165, 1.54) is 11.8 Å². The fourth-order valence-corrected chi connectivity index (χ4v) is 2.43. The summed E-state index contributed by atoms with van der Waals surface area (Å²) in [6.45, 7) is 3.55. The van der Waals surface area contributed by atoms with Gasteiger partial charge in [0.15, 0.2) is 0 Å². The molecule has 108 valence electrons. The van der Waals surface area contributed by atoms with Crippen molar-refractivity contribution < 1.29 is 4.39 Å². The highest BCUT2D eigenvalue weighted by molar-refractivity contribution is 5.79. The molecule has 4 heteroatoms. The van der Waals surface area contributed by atoms with Crippen LogP contribution in [0.15, 0.2) is 59.7 Å². The summed E-state index contributed by atoms with van der Waals surface area (Å²) in [5.41, 5.74) is 1.78. The van der Waals surface area contributed by atoms with Gasteiger partial charge in [0.25, 0.3) is 0 Å². The molecule has 0 aromatic heterocycles. The minimum absolute atomic E-state index is 0.232. The van der Waals surface area contributed by atoms with Crippen molar-refractivity contribution in [1.29, 1.82) is 0 Å². The average Bonchev–Trinajstić information content (AvgIpc) is 2.55. The van der Waals surface area contributed by atoms with Crippen molar-refractivity contribution in [1.82, 2.24) is 5.01 Å². The fraction of sp³-hybridized carbons (Fsp3) is 0.235. The van der Waals surface area contributed by atoms with Crippen molar-refractivity contribution in [2.24, 2.45) is 5.10 Å². The zero-order valence-corrected chi connectivity index (χ0v) is 11.8. The second-order valence-electron chi connectivity index (χ2n) is 5.04. The molecular formula is C17H18FN3. The maximum absolute atomic E-state index is 13.5. The number of anilines is 1. The first-order chi connectivity index (χ1) is 10.3. The molecule has 2 aromatic rings. The number of para-hydroxylation sites is 1. The van der Waals surface area contributed by atoms with Gasteiger partial charge in [0.05, 0.1) is 19.3 Å². The molecule has 0 bridgehead atoms. The molecule has 1 fully saturated rings. The van der Waals surface area contributed by atoms with Crippen LogP contribution in [0, 0.1) is 5.82 Å².